The van der Waals surface area contributed by atoms with Crippen molar-refractivity contribution in [1.82, 2.24) is 24.8 Å². The normalized spacial score (nSPS) is 10.8. The number of Topliss-reactive ketones (excluding diaryl/α,β-unsaturated/α-hetero) is 1. The van der Waals surface area contributed by atoms with Gasteiger partial charge in [-0.3, -0.25) is 9.48 Å². The Kier molecular flexibility index (Phi) is 3.35. The first-order chi connectivity index (χ1) is 10.1. The number of aromatic nitrogens is 5. The fourth-order valence-corrected chi connectivity index (χ4v) is 2.16. The molecule has 3 aromatic rings. The highest BCUT2D eigenvalue weighted by molar-refractivity contribution is 5.95. The Bertz CT molecular complexity index is 772. The number of carbonyl (C=O) groups excluding carboxylic acids is 1. The van der Waals surface area contributed by atoms with Crippen molar-refractivity contribution in [2.24, 2.45) is 7.05 Å². The van der Waals surface area contributed by atoms with Crippen LogP contribution < -0.4 is 0 Å². The third-order valence-corrected chi connectivity index (χ3v) is 3.21. The Labute approximate surface area is 122 Å². The van der Waals surface area contributed by atoms with E-state index in [0.717, 1.165) is 17.1 Å². The lowest BCUT2D eigenvalue weighted by molar-refractivity contribution is 0.0985. The second-order valence-corrected chi connectivity index (χ2v) is 4.86. The van der Waals surface area contributed by atoms with Crippen LogP contribution in [0.4, 0.5) is 0 Å². The topological polar surface area (TPSA) is 65.6 Å². The number of hydrogen-bond donors (Lipinski definition) is 0. The minimum Gasteiger partial charge on any atom is -0.292 e. The first-order valence-electron chi connectivity index (χ1n) is 6.64. The number of hydrogen-bond acceptors (Lipinski definition) is 4. The molecule has 0 spiro atoms. The number of carbonyl (C=O) groups is 1. The van der Waals surface area contributed by atoms with Gasteiger partial charge in [0.25, 0.3) is 0 Å². The Morgan fingerprint density at radius 3 is 2.62 bits per heavy atom. The first kappa shape index (κ1) is 13.2. The van der Waals surface area contributed by atoms with Gasteiger partial charge in [0, 0.05) is 12.7 Å². The molecule has 6 nitrogen and oxygen atoms in total. The highest BCUT2D eigenvalue weighted by atomic mass is 16.1. The van der Waals surface area contributed by atoms with Crippen LogP contribution in [0.2, 0.25) is 0 Å². The molecule has 0 atom stereocenters. The first-order valence-corrected chi connectivity index (χ1v) is 6.64. The largest absolute Gasteiger partial charge is 0.292 e. The molecule has 0 amide bonds. The van der Waals surface area contributed by atoms with Gasteiger partial charge in [0.1, 0.15) is 5.69 Å². The third kappa shape index (κ3) is 2.74. The van der Waals surface area contributed by atoms with E-state index in [4.69, 9.17) is 0 Å². The van der Waals surface area contributed by atoms with Crippen LogP contribution in [0.25, 0.3) is 5.69 Å². The molecule has 0 aliphatic rings. The van der Waals surface area contributed by atoms with Crippen LogP contribution in [0.3, 0.4) is 0 Å². The fourth-order valence-electron chi connectivity index (χ4n) is 2.16. The molecule has 0 saturated carbocycles. The van der Waals surface area contributed by atoms with Gasteiger partial charge in [-0.05, 0) is 25.1 Å². The van der Waals surface area contributed by atoms with Crippen LogP contribution in [-0.2, 0) is 13.5 Å². The molecule has 106 valence electrons. The van der Waals surface area contributed by atoms with Crippen LogP contribution in [-0.4, -0.2) is 30.6 Å². The third-order valence-electron chi connectivity index (χ3n) is 3.21. The zero-order valence-corrected chi connectivity index (χ0v) is 11.9. The standard InChI is InChI=1S/C15H15N5O/c1-11-8-13(19(2)17-11)9-15(21)14-10-16-20(18-14)12-6-4-3-5-7-12/h3-8,10H,9H2,1-2H3. The second-order valence-electron chi connectivity index (χ2n) is 4.86. The summed E-state index contributed by atoms with van der Waals surface area (Å²) in [6, 6.07) is 11.4. The van der Waals surface area contributed by atoms with Crippen molar-refractivity contribution in [3.63, 3.8) is 0 Å². The predicted molar refractivity (Wildman–Crippen MR) is 77.3 cm³/mol. The minimum absolute atomic E-state index is 0.0693. The molecule has 0 aliphatic heterocycles. The van der Waals surface area contributed by atoms with Crippen molar-refractivity contribution in [1.29, 1.82) is 0 Å². The molecule has 2 heterocycles. The van der Waals surface area contributed by atoms with Crippen molar-refractivity contribution in [3.8, 4) is 5.69 Å². The van der Waals surface area contributed by atoms with Gasteiger partial charge < -0.3 is 0 Å². The van der Waals surface area contributed by atoms with Gasteiger partial charge in [-0.15, -0.1) is 5.10 Å². The van der Waals surface area contributed by atoms with E-state index < -0.39 is 0 Å². The summed E-state index contributed by atoms with van der Waals surface area (Å²) in [6.45, 7) is 1.90. The van der Waals surface area contributed by atoms with Gasteiger partial charge in [0.2, 0.25) is 0 Å². The summed E-state index contributed by atoms with van der Waals surface area (Å²) in [4.78, 5) is 13.7. The molecular weight excluding hydrogens is 266 g/mol. The number of para-hydroxylation sites is 1. The van der Waals surface area contributed by atoms with E-state index in [1.165, 1.54) is 11.0 Å². The van der Waals surface area contributed by atoms with E-state index in [-0.39, 0.29) is 12.2 Å². The number of nitrogens with zero attached hydrogens (tertiary/aromatic N) is 5. The molecular formula is C15H15N5O. The zero-order valence-electron chi connectivity index (χ0n) is 11.9. The Morgan fingerprint density at radius 2 is 1.95 bits per heavy atom. The van der Waals surface area contributed by atoms with Gasteiger partial charge in [-0.2, -0.15) is 15.0 Å². The Balaban J connectivity index is 1.80. The lowest BCUT2D eigenvalue weighted by Crippen LogP contribution is -2.09. The maximum absolute atomic E-state index is 12.3. The summed E-state index contributed by atoms with van der Waals surface area (Å²) in [5, 5.41) is 12.6. The quantitative estimate of drug-likeness (QED) is 0.683. The minimum atomic E-state index is -0.0693. The summed E-state index contributed by atoms with van der Waals surface area (Å²) in [5.41, 5.74) is 2.95. The van der Waals surface area contributed by atoms with Crippen molar-refractivity contribution in [3.05, 3.63) is 59.7 Å². The van der Waals surface area contributed by atoms with E-state index in [1.807, 2.05) is 50.4 Å². The number of benzene rings is 1. The maximum atomic E-state index is 12.3. The summed E-state index contributed by atoms with van der Waals surface area (Å²) in [7, 11) is 1.83. The molecule has 2 aromatic heterocycles. The monoisotopic (exact) mass is 281 g/mol. The Hall–Kier alpha value is -2.76. The average Bonchev–Trinajstić information content (AvgIpc) is 3.07. The van der Waals surface area contributed by atoms with Crippen LogP contribution in [0.1, 0.15) is 21.9 Å². The van der Waals surface area contributed by atoms with Crippen molar-refractivity contribution in [2.75, 3.05) is 0 Å². The number of aryl methyl sites for hydroxylation is 2. The van der Waals surface area contributed by atoms with Crippen LogP contribution in [0, 0.1) is 6.92 Å². The SMILES string of the molecule is Cc1cc(CC(=O)c2cnn(-c3ccccc3)n2)n(C)n1. The van der Waals surface area contributed by atoms with Crippen molar-refractivity contribution in [2.45, 2.75) is 13.3 Å². The smallest absolute Gasteiger partial charge is 0.190 e. The molecule has 0 N–H and O–H groups in total. The lowest BCUT2D eigenvalue weighted by atomic mass is 10.2. The molecule has 0 fully saturated rings. The van der Waals surface area contributed by atoms with Gasteiger partial charge in [0.05, 0.1) is 24.0 Å². The van der Waals surface area contributed by atoms with Gasteiger partial charge in [0.15, 0.2) is 5.78 Å². The maximum Gasteiger partial charge on any atom is 0.190 e. The van der Waals surface area contributed by atoms with Crippen LogP contribution in [0.5, 0.6) is 0 Å². The number of rotatable bonds is 4. The van der Waals surface area contributed by atoms with E-state index in [9.17, 15) is 4.79 Å². The van der Waals surface area contributed by atoms with Crippen molar-refractivity contribution >= 4 is 5.78 Å². The number of ketones is 1. The van der Waals surface area contributed by atoms with Gasteiger partial charge in [-0.1, -0.05) is 18.2 Å². The molecule has 0 radical (unpaired) electrons. The molecule has 6 heteroatoms. The highest BCUT2D eigenvalue weighted by Gasteiger charge is 2.14. The molecule has 0 unspecified atom stereocenters. The predicted octanol–water partition coefficient (Wildman–Crippen LogP) is 1.73. The molecule has 0 saturated heterocycles. The fraction of sp³-hybridized carbons (Fsp3) is 0.200. The van der Waals surface area contributed by atoms with E-state index in [0.29, 0.717) is 5.69 Å². The molecule has 0 aliphatic carbocycles. The van der Waals surface area contributed by atoms with E-state index in [1.54, 1.807) is 4.68 Å². The molecule has 1 aromatic carbocycles. The Morgan fingerprint density at radius 1 is 1.19 bits per heavy atom. The molecule has 3 rings (SSSR count). The van der Waals surface area contributed by atoms with Crippen LogP contribution in [0.15, 0.2) is 42.6 Å². The van der Waals surface area contributed by atoms with E-state index >= 15 is 0 Å². The lowest BCUT2D eigenvalue weighted by Gasteiger charge is -1.99. The van der Waals surface area contributed by atoms with Gasteiger partial charge >= 0.3 is 0 Å². The molecule has 21 heavy (non-hydrogen) atoms. The van der Waals surface area contributed by atoms with Crippen molar-refractivity contribution < 1.29 is 4.79 Å². The van der Waals surface area contributed by atoms with Gasteiger partial charge in [-0.25, -0.2) is 0 Å². The highest BCUT2D eigenvalue weighted by Crippen LogP contribution is 2.08. The average molecular weight is 281 g/mol. The summed E-state index contributed by atoms with van der Waals surface area (Å²) >= 11 is 0. The second kappa shape index (κ2) is 5.32. The summed E-state index contributed by atoms with van der Waals surface area (Å²) < 4.78 is 1.72. The summed E-state index contributed by atoms with van der Waals surface area (Å²) in [6.07, 6.45) is 1.77. The summed E-state index contributed by atoms with van der Waals surface area (Å²) in [5.74, 6) is -0.0693. The van der Waals surface area contributed by atoms with E-state index in [2.05, 4.69) is 15.3 Å². The zero-order chi connectivity index (χ0) is 14.8. The molecule has 0 bridgehead atoms. The van der Waals surface area contributed by atoms with Crippen LogP contribution >= 0.6 is 0 Å².